The number of aliphatic hydroxyl groups excluding tert-OH is 1. The van der Waals surface area contributed by atoms with Crippen LogP contribution in [0.25, 0.3) is 0 Å². The zero-order valence-corrected chi connectivity index (χ0v) is 10.6. The van der Waals surface area contributed by atoms with Crippen LogP contribution < -0.4 is 5.32 Å². The standard InChI is InChI=1S/C13H23N3O/c1-11(17)9-14-10-12-7-8-16(15-12)13-5-3-2-4-6-13/h7-8,11,13-14,17H,2-6,9-10H2,1H3. The van der Waals surface area contributed by atoms with Crippen LogP contribution in [0.2, 0.25) is 0 Å². The van der Waals surface area contributed by atoms with Crippen molar-refractivity contribution in [2.45, 2.75) is 57.7 Å². The Morgan fingerprint density at radius 2 is 2.24 bits per heavy atom. The summed E-state index contributed by atoms with van der Waals surface area (Å²) in [6, 6.07) is 2.68. The fourth-order valence-electron chi connectivity index (χ4n) is 2.43. The Hall–Kier alpha value is -0.870. The maximum absolute atomic E-state index is 9.15. The Labute approximate surface area is 103 Å². The minimum atomic E-state index is -0.296. The molecule has 1 atom stereocenters. The van der Waals surface area contributed by atoms with Gasteiger partial charge in [-0.05, 0) is 25.8 Å². The SMILES string of the molecule is CC(O)CNCc1ccn(C2CCCCC2)n1. The van der Waals surface area contributed by atoms with Crippen LogP contribution in [0.1, 0.15) is 50.8 Å². The van der Waals surface area contributed by atoms with Gasteiger partial charge in [-0.25, -0.2) is 0 Å². The first-order valence-corrected chi connectivity index (χ1v) is 6.68. The molecular weight excluding hydrogens is 214 g/mol. The van der Waals surface area contributed by atoms with E-state index in [4.69, 9.17) is 5.11 Å². The molecule has 2 N–H and O–H groups in total. The van der Waals surface area contributed by atoms with E-state index < -0.39 is 0 Å². The molecule has 0 spiro atoms. The van der Waals surface area contributed by atoms with Crippen LogP contribution in [-0.2, 0) is 6.54 Å². The Morgan fingerprint density at radius 1 is 1.47 bits per heavy atom. The molecule has 0 aromatic carbocycles. The lowest BCUT2D eigenvalue weighted by molar-refractivity contribution is 0.190. The minimum absolute atomic E-state index is 0.296. The van der Waals surface area contributed by atoms with Crippen molar-refractivity contribution in [3.63, 3.8) is 0 Å². The van der Waals surface area contributed by atoms with Crippen LogP contribution in [-0.4, -0.2) is 27.5 Å². The molecule has 96 valence electrons. The first-order valence-electron chi connectivity index (χ1n) is 6.68. The maximum Gasteiger partial charge on any atom is 0.0762 e. The van der Waals surface area contributed by atoms with Crippen molar-refractivity contribution in [2.24, 2.45) is 0 Å². The van der Waals surface area contributed by atoms with Gasteiger partial charge in [0.2, 0.25) is 0 Å². The van der Waals surface area contributed by atoms with E-state index in [0.717, 1.165) is 12.2 Å². The predicted molar refractivity (Wildman–Crippen MR) is 67.7 cm³/mol. The highest BCUT2D eigenvalue weighted by Crippen LogP contribution is 2.27. The Kier molecular flexibility index (Phi) is 4.57. The third-order valence-corrected chi connectivity index (χ3v) is 3.36. The summed E-state index contributed by atoms with van der Waals surface area (Å²) in [4.78, 5) is 0. The van der Waals surface area contributed by atoms with Gasteiger partial charge in [-0.1, -0.05) is 19.3 Å². The first-order chi connectivity index (χ1) is 8.25. The van der Waals surface area contributed by atoms with Gasteiger partial charge < -0.3 is 10.4 Å². The molecule has 0 amide bonds. The van der Waals surface area contributed by atoms with E-state index in [1.807, 2.05) is 0 Å². The van der Waals surface area contributed by atoms with E-state index >= 15 is 0 Å². The number of aromatic nitrogens is 2. The Bertz CT molecular complexity index is 329. The van der Waals surface area contributed by atoms with Crippen molar-refractivity contribution in [3.05, 3.63) is 18.0 Å². The molecular formula is C13H23N3O. The average molecular weight is 237 g/mol. The summed E-state index contributed by atoms with van der Waals surface area (Å²) in [6.07, 6.45) is 8.37. The van der Waals surface area contributed by atoms with E-state index in [1.54, 1.807) is 6.92 Å². The Morgan fingerprint density at radius 3 is 2.94 bits per heavy atom. The maximum atomic E-state index is 9.15. The van der Waals surface area contributed by atoms with Crippen LogP contribution in [0.3, 0.4) is 0 Å². The monoisotopic (exact) mass is 237 g/mol. The molecule has 1 saturated carbocycles. The first kappa shape index (κ1) is 12.6. The van der Waals surface area contributed by atoms with Gasteiger partial charge in [0, 0.05) is 19.3 Å². The van der Waals surface area contributed by atoms with Crippen LogP contribution in [0.15, 0.2) is 12.3 Å². The largest absolute Gasteiger partial charge is 0.392 e. The van der Waals surface area contributed by atoms with Crippen LogP contribution in [0.4, 0.5) is 0 Å². The molecule has 2 rings (SSSR count). The minimum Gasteiger partial charge on any atom is -0.392 e. The van der Waals surface area contributed by atoms with Crippen molar-refractivity contribution in [1.82, 2.24) is 15.1 Å². The highest BCUT2D eigenvalue weighted by Gasteiger charge is 2.15. The van der Waals surface area contributed by atoms with E-state index in [0.29, 0.717) is 12.6 Å². The molecule has 0 aliphatic heterocycles. The van der Waals surface area contributed by atoms with Crippen molar-refractivity contribution >= 4 is 0 Å². The van der Waals surface area contributed by atoms with Crippen LogP contribution in [0, 0.1) is 0 Å². The summed E-state index contributed by atoms with van der Waals surface area (Å²) in [5.74, 6) is 0. The number of nitrogens with one attached hydrogen (secondary N) is 1. The molecule has 1 heterocycles. The second kappa shape index (κ2) is 6.17. The van der Waals surface area contributed by atoms with Gasteiger partial charge in [0.15, 0.2) is 0 Å². The average Bonchev–Trinajstić information content (AvgIpc) is 2.78. The highest BCUT2D eigenvalue weighted by atomic mass is 16.3. The smallest absolute Gasteiger partial charge is 0.0762 e. The lowest BCUT2D eigenvalue weighted by Gasteiger charge is -2.21. The second-order valence-corrected chi connectivity index (χ2v) is 5.06. The molecule has 1 fully saturated rings. The van der Waals surface area contributed by atoms with E-state index in [1.165, 1.54) is 32.1 Å². The molecule has 0 radical (unpaired) electrons. The molecule has 17 heavy (non-hydrogen) atoms. The zero-order valence-electron chi connectivity index (χ0n) is 10.6. The number of nitrogens with zero attached hydrogens (tertiary/aromatic N) is 2. The molecule has 0 bridgehead atoms. The molecule has 1 unspecified atom stereocenters. The van der Waals surface area contributed by atoms with Gasteiger partial charge in [-0.15, -0.1) is 0 Å². The van der Waals surface area contributed by atoms with Gasteiger partial charge >= 0.3 is 0 Å². The fourth-order valence-corrected chi connectivity index (χ4v) is 2.43. The topological polar surface area (TPSA) is 50.1 Å². The van der Waals surface area contributed by atoms with Crippen molar-refractivity contribution in [3.8, 4) is 0 Å². The molecule has 1 aliphatic rings. The summed E-state index contributed by atoms with van der Waals surface area (Å²) in [5, 5.41) is 16.9. The third kappa shape index (κ3) is 3.82. The number of aliphatic hydroxyl groups is 1. The normalized spacial score (nSPS) is 19.4. The van der Waals surface area contributed by atoms with Gasteiger partial charge in [0.25, 0.3) is 0 Å². The zero-order chi connectivity index (χ0) is 12.1. The summed E-state index contributed by atoms with van der Waals surface area (Å²) in [6.45, 7) is 3.15. The lowest BCUT2D eigenvalue weighted by atomic mass is 9.96. The van der Waals surface area contributed by atoms with Gasteiger partial charge in [-0.3, -0.25) is 4.68 Å². The number of rotatable bonds is 5. The summed E-state index contributed by atoms with van der Waals surface area (Å²) >= 11 is 0. The fraction of sp³-hybridized carbons (Fsp3) is 0.769. The van der Waals surface area contributed by atoms with Crippen molar-refractivity contribution in [1.29, 1.82) is 0 Å². The molecule has 1 aliphatic carbocycles. The summed E-state index contributed by atoms with van der Waals surface area (Å²) in [5.41, 5.74) is 1.07. The summed E-state index contributed by atoms with van der Waals surface area (Å²) in [7, 11) is 0. The highest BCUT2D eigenvalue weighted by molar-refractivity contribution is 4.99. The van der Waals surface area contributed by atoms with E-state index in [-0.39, 0.29) is 6.10 Å². The number of hydrogen-bond donors (Lipinski definition) is 2. The molecule has 4 nitrogen and oxygen atoms in total. The number of hydrogen-bond acceptors (Lipinski definition) is 3. The van der Waals surface area contributed by atoms with Gasteiger partial charge in [-0.2, -0.15) is 5.10 Å². The molecule has 1 aromatic heterocycles. The third-order valence-electron chi connectivity index (χ3n) is 3.36. The predicted octanol–water partition coefficient (Wildman–Crippen LogP) is 1.86. The van der Waals surface area contributed by atoms with E-state index in [2.05, 4.69) is 27.4 Å². The molecule has 1 aromatic rings. The van der Waals surface area contributed by atoms with Crippen molar-refractivity contribution < 1.29 is 5.11 Å². The van der Waals surface area contributed by atoms with E-state index in [9.17, 15) is 0 Å². The Balaban J connectivity index is 1.82. The van der Waals surface area contributed by atoms with Crippen molar-refractivity contribution in [2.75, 3.05) is 6.54 Å². The van der Waals surface area contributed by atoms with Crippen LogP contribution >= 0.6 is 0 Å². The second-order valence-electron chi connectivity index (χ2n) is 5.06. The quantitative estimate of drug-likeness (QED) is 0.822. The summed E-state index contributed by atoms with van der Waals surface area (Å²) < 4.78 is 2.12. The van der Waals surface area contributed by atoms with Gasteiger partial charge in [0.05, 0.1) is 17.8 Å². The van der Waals surface area contributed by atoms with Crippen LogP contribution in [0.5, 0.6) is 0 Å². The molecule has 0 saturated heterocycles. The molecule has 4 heteroatoms. The lowest BCUT2D eigenvalue weighted by Crippen LogP contribution is -2.24. The van der Waals surface area contributed by atoms with Gasteiger partial charge in [0.1, 0.15) is 0 Å².